The summed E-state index contributed by atoms with van der Waals surface area (Å²) in [5.74, 6) is 1.14. The first-order valence-electron chi connectivity index (χ1n) is 10.7. The molecule has 0 aliphatic carbocycles. The fourth-order valence-electron chi connectivity index (χ4n) is 4.37. The highest BCUT2D eigenvalue weighted by Gasteiger charge is 2.34. The van der Waals surface area contributed by atoms with Gasteiger partial charge in [0.1, 0.15) is 17.5 Å². The fraction of sp³-hybridized carbons (Fsp3) is 0.545. The van der Waals surface area contributed by atoms with Crippen LogP contribution in [-0.4, -0.2) is 64.8 Å². The molecule has 2 amide bonds. The van der Waals surface area contributed by atoms with Gasteiger partial charge in [0.05, 0.1) is 13.2 Å². The van der Waals surface area contributed by atoms with Gasteiger partial charge in [0.2, 0.25) is 5.91 Å². The number of hydrogen-bond acceptors (Lipinski definition) is 7. The maximum absolute atomic E-state index is 13.2. The fourth-order valence-corrected chi connectivity index (χ4v) is 4.37. The minimum atomic E-state index is -0.132. The molecule has 1 aromatic carbocycles. The van der Waals surface area contributed by atoms with Gasteiger partial charge in [-0.15, -0.1) is 0 Å². The Hall–Kier alpha value is -3.10. The molecule has 2 fully saturated rings. The van der Waals surface area contributed by atoms with Crippen LogP contribution in [0.2, 0.25) is 0 Å². The van der Waals surface area contributed by atoms with Crippen molar-refractivity contribution in [3.63, 3.8) is 0 Å². The van der Waals surface area contributed by atoms with E-state index in [9.17, 15) is 9.59 Å². The van der Waals surface area contributed by atoms with Crippen LogP contribution in [0.1, 0.15) is 60.4 Å². The zero-order valence-electron chi connectivity index (χ0n) is 18.2. The molecule has 1 aromatic heterocycles. The summed E-state index contributed by atoms with van der Waals surface area (Å²) in [6.45, 7) is 5.45. The van der Waals surface area contributed by atoms with Gasteiger partial charge in [-0.05, 0) is 38.0 Å². The van der Waals surface area contributed by atoms with Crippen LogP contribution in [0, 0.1) is 6.92 Å². The van der Waals surface area contributed by atoms with Gasteiger partial charge in [0.25, 0.3) is 5.91 Å². The molecule has 2 aliphatic rings. The summed E-state index contributed by atoms with van der Waals surface area (Å²) in [6, 6.07) is 5.16. The Kier molecular flexibility index (Phi) is 6.11. The van der Waals surface area contributed by atoms with Crippen molar-refractivity contribution in [3.8, 4) is 11.5 Å². The number of aromatic nitrogens is 2. The summed E-state index contributed by atoms with van der Waals surface area (Å²) in [7, 11) is 1.57. The molecule has 1 unspecified atom stereocenters. The Bertz CT molecular complexity index is 951. The summed E-state index contributed by atoms with van der Waals surface area (Å²) >= 11 is 0. The first kappa shape index (κ1) is 21.1. The van der Waals surface area contributed by atoms with E-state index in [0.717, 1.165) is 31.4 Å². The van der Waals surface area contributed by atoms with Crippen LogP contribution < -0.4 is 9.47 Å². The van der Waals surface area contributed by atoms with E-state index in [0.29, 0.717) is 42.4 Å². The molecule has 9 heteroatoms. The lowest BCUT2D eigenvalue weighted by Gasteiger charge is -2.31. The number of hydrogen-bond donors (Lipinski definition) is 0. The van der Waals surface area contributed by atoms with Crippen LogP contribution in [0.25, 0.3) is 0 Å². The number of aryl methyl sites for hydroxylation is 1. The lowest BCUT2D eigenvalue weighted by atomic mass is 10.1. The maximum Gasteiger partial charge on any atom is 0.254 e. The summed E-state index contributed by atoms with van der Waals surface area (Å²) in [6.07, 6.45) is 3.28. The molecule has 0 spiro atoms. The lowest BCUT2D eigenvalue weighted by molar-refractivity contribution is -0.130. The molecule has 0 bridgehead atoms. The highest BCUT2D eigenvalue weighted by Crippen LogP contribution is 2.35. The minimum Gasteiger partial charge on any atom is -0.493 e. The number of carbonyl (C=O) groups excluding carboxylic acids is 2. The van der Waals surface area contributed by atoms with E-state index >= 15 is 0 Å². The number of nitrogens with zero attached hydrogens (tertiary/aromatic N) is 4. The SMILES string of the molecule is COc1cc(C(=O)N2CCCC2c2nonc2C)ccc1OC1CCN(C(C)=O)CC1. The molecule has 3 heterocycles. The predicted octanol–water partition coefficient (Wildman–Crippen LogP) is 2.75. The second-order valence-corrected chi connectivity index (χ2v) is 8.08. The first-order chi connectivity index (χ1) is 15.0. The van der Waals surface area contributed by atoms with E-state index in [2.05, 4.69) is 10.3 Å². The van der Waals surface area contributed by atoms with Gasteiger partial charge >= 0.3 is 0 Å². The zero-order valence-corrected chi connectivity index (χ0v) is 18.2. The molecule has 2 aromatic rings. The van der Waals surface area contributed by atoms with Crippen molar-refractivity contribution in [1.82, 2.24) is 20.1 Å². The van der Waals surface area contributed by atoms with Gasteiger partial charge in [0, 0.05) is 45.0 Å². The van der Waals surface area contributed by atoms with Gasteiger partial charge < -0.3 is 19.3 Å². The topological polar surface area (TPSA) is 98.0 Å². The third kappa shape index (κ3) is 4.35. The van der Waals surface area contributed by atoms with Crippen molar-refractivity contribution in [1.29, 1.82) is 0 Å². The standard InChI is InChI=1S/C22H28N4O5/c1-14-21(24-31-23-14)18-5-4-10-26(18)22(28)16-6-7-19(20(13-16)29-3)30-17-8-11-25(12-9-17)15(2)27/h6-7,13,17-18H,4-5,8-12H2,1-3H3. The van der Waals surface area contributed by atoms with Crippen molar-refractivity contribution < 1.29 is 23.7 Å². The molecule has 4 rings (SSSR count). The van der Waals surface area contributed by atoms with Gasteiger partial charge in [-0.2, -0.15) is 0 Å². The van der Waals surface area contributed by atoms with Crippen LogP contribution in [0.5, 0.6) is 11.5 Å². The van der Waals surface area contributed by atoms with Gasteiger partial charge in [-0.3, -0.25) is 9.59 Å². The van der Waals surface area contributed by atoms with Crippen molar-refractivity contribution in [2.45, 2.75) is 51.7 Å². The normalized spacial score (nSPS) is 19.5. The van der Waals surface area contributed by atoms with Crippen LogP contribution in [0.4, 0.5) is 0 Å². The average molecular weight is 428 g/mol. The van der Waals surface area contributed by atoms with E-state index in [4.69, 9.17) is 14.1 Å². The van der Waals surface area contributed by atoms with Crippen LogP contribution in [0.3, 0.4) is 0 Å². The molecule has 0 radical (unpaired) electrons. The number of methoxy groups -OCH3 is 1. The maximum atomic E-state index is 13.2. The van der Waals surface area contributed by atoms with E-state index in [-0.39, 0.29) is 24.0 Å². The number of amides is 2. The van der Waals surface area contributed by atoms with Crippen molar-refractivity contribution in [2.75, 3.05) is 26.7 Å². The Labute approximate surface area is 181 Å². The van der Waals surface area contributed by atoms with Crippen molar-refractivity contribution in [2.24, 2.45) is 0 Å². The summed E-state index contributed by atoms with van der Waals surface area (Å²) in [5.41, 5.74) is 1.97. The second-order valence-electron chi connectivity index (χ2n) is 8.08. The third-order valence-corrected chi connectivity index (χ3v) is 6.11. The van der Waals surface area contributed by atoms with Gasteiger partial charge in [0.15, 0.2) is 11.5 Å². The largest absolute Gasteiger partial charge is 0.493 e. The Balaban J connectivity index is 1.47. The quantitative estimate of drug-likeness (QED) is 0.722. The molecule has 0 saturated carbocycles. The van der Waals surface area contributed by atoms with E-state index in [1.54, 1.807) is 32.2 Å². The number of likely N-dealkylation sites (tertiary alicyclic amines) is 2. The highest BCUT2D eigenvalue weighted by atomic mass is 16.6. The smallest absolute Gasteiger partial charge is 0.254 e. The Morgan fingerprint density at radius 1 is 1.10 bits per heavy atom. The van der Waals surface area contributed by atoms with Crippen molar-refractivity contribution >= 4 is 11.8 Å². The zero-order chi connectivity index (χ0) is 22.0. The average Bonchev–Trinajstić information content (AvgIpc) is 3.42. The number of rotatable bonds is 5. The van der Waals surface area contributed by atoms with Gasteiger partial charge in [-0.25, -0.2) is 4.63 Å². The Morgan fingerprint density at radius 2 is 1.87 bits per heavy atom. The second kappa shape index (κ2) is 8.95. The van der Waals surface area contributed by atoms with Crippen LogP contribution in [-0.2, 0) is 4.79 Å². The molecule has 0 N–H and O–H groups in total. The molecule has 166 valence electrons. The minimum absolute atomic E-state index is 0.0108. The molecule has 2 aliphatic heterocycles. The van der Waals surface area contributed by atoms with E-state index in [1.165, 1.54) is 0 Å². The van der Waals surface area contributed by atoms with E-state index < -0.39 is 0 Å². The number of piperidine rings is 1. The molecule has 1 atom stereocenters. The van der Waals surface area contributed by atoms with E-state index in [1.807, 2.05) is 16.7 Å². The number of carbonyl (C=O) groups is 2. The van der Waals surface area contributed by atoms with Gasteiger partial charge in [-0.1, -0.05) is 10.3 Å². The number of ether oxygens (including phenoxy) is 2. The van der Waals surface area contributed by atoms with Crippen molar-refractivity contribution in [3.05, 3.63) is 35.2 Å². The summed E-state index contributed by atoms with van der Waals surface area (Å²) in [5, 5.41) is 7.86. The molecule has 2 saturated heterocycles. The summed E-state index contributed by atoms with van der Waals surface area (Å²) in [4.78, 5) is 28.4. The highest BCUT2D eigenvalue weighted by molar-refractivity contribution is 5.95. The van der Waals surface area contributed by atoms with Crippen LogP contribution in [0.15, 0.2) is 22.8 Å². The first-order valence-corrected chi connectivity index (χ1v) is 10.7. The Morgan fingerprint density at radius 3 is 2.52 bits per heavy atom. The predicted molar refractivity (Wildman–Crippen MR) is 111 cm³/mol. The molecular weight excluding hydrogens is 400 g/mol. The summed E-state index contributed by atoms with van der Waals surface area (Å²) < 4.78 is 16.5. The lowest BCUT2D eigenvalue weighted by Crippen LogP contribution is -2.40. The molecular formula is C22H28N4O5. The monoisotopic (exact) mass is 428 g/mol. The number of benzene rings is 1. The van der Waals surface area contributed by atoms with Crippen LogP contribution >= 0.6 is 0 Å². The molecule has 9 nitrogen and oxygen atoms in total. The third-order valence-electron chi connectivity index (χ3n) is 6.11. The molecule has 31 heavy (non-hydrogen) atoms.